The molecule has 1 N–H and O–H groups in total. The minimum atomic E-state index is 0.229. The van der Waals surface area contributed by atoms with Gasteiger partial charge in [0.15, 0.2) is 0 Å². The summed E-state index contributed by atoms with van der Waals surface area (Å²) in [6.07, 6.45) is 4.08. The van der Waals surface area contributed by atoms with Crippen molar-refractivity contribution in [2.24, 2.45) is 0 Å². The summed E-state index contributed by atoms with van der Waals surface area (Å²) in [5.41, 5.74) is 2.61. The topological polar surface area (TPSA) is 39.1 Å². The molecule has 0 radical (unpaired) electrons. The number of benzene rings is 1. The van der Waals surface area contributed by atoms with E-state index in [9.17, 15) is 0 Å². The van der Waals surface area contributed by atoms with Gasteiger partial charge in [-0.05, 0) is 12.5 Å². The highest BCUT2D eigenvalue weighted by molar-refractivity contribution is 5.21. The molecule has 4 nitrogen and oxygen atoms in total. The average molecular weight is 257 g/mol. The Hall–Kier alpha value is -1.65. The Morgan fingerprint density at radius 3 is 3.05 bits per heavy atom. The molecule has 0 aliphatic carbocycles. The summed E-state index contributed by atoms with van der Waals surface area (Å²) in [7, 11) is 0. The maximum Gasteiger partial charge on any atom is 0.134 e. The normalized spacial score (nSPS) is 18.3. The van der Waals surface area contributed by atoms with Gasteiger partial charge in [0.1, 0.15) is 12.4 Å². The van der Waals surface area contributed by atoms with E-state index in [1.54, 1.807) is 0 Å². The summed E-state index contributed by atoms with van der Waals surface area (Å²) in [5, 5.41) is 3.46. The van der Waals surface area contributed by atoms with Crippen LogP contribution in [-0.2, 0) is 24.4 Å². The number of nitrogens with one attached hydrogen (secondary N) is 1. The first kappa shape index (κ1) is 12.4. The van der Waals surface area contributed by atoms with Crippen molar-refractivity contribution < 1.29 is 4.74 Å². The Kier molecular flexibility index (Phi) is 3.62. The first-order valence-corrected chi connectivity index (χ1v) is 6.69. The van der Waals surface area contributed by atoms with E-state index in [-0.39, 0.29) is 6.10 Å². The van der Waals surface area contributed by atoms with Crippen molar-refractivity contribution in [3.05, 3.63) is 53.6 Å². The van der Waals surface area contributed by atoms with E-state index in [1.807, 2.05) is 12.4 Å². The second kappa shape index (κ2) is 5.55. The molecule has 19 heavy (non-hydrogen) atoms. The molecular formula is C15H19N3O. The van der Waals surface area contributed by atoms with Gasteiger partial charge in [-0.15, -0.1) is 0 Å². The number of aryl methyl sites for hydroxylation is 1. The lowest BCUT2D eigenvalue weighted by molar-refractivity contribution is 0.00278. The zero-order valence-corrected chi connectivity index (χ0v) is 11.2. The Bertz CT molecular complexity index is 533. The highest BCUT2D eigenvalue weighted by Gasteiger charge is 2.18. The van der Waals surface area contributed by atoms with Crippen molar-refractivity contribution in [1.82, 2.24) is 14.9 Å². The molecule has 2 aromatic rings. The van der Waals surface area contributed by atoms with Gasteiger partial charge < -0.3 is 14.6 Å². The molecule has 1 aliphatic heterocycles. The van der Waals surface area contributed by atoms with Crippen molar-refractivity contribution in [2.75, 3.05) is 6.54 Å². The minimum Gasteiger partial charge on any atom is -0.367 e. The summed E-state index contributed by atoms with van der Waals surface area (Å²) in [6.45, 7) is 5.36. The smallest absolute Gasteiger partial charge is 0.134 e. The fraction of sp³-hybridized carbons (Fsp3) is 0.400. The van der Waals surface area contributed by atoms with E-state index in [0.717, 1.165) is 25.5 Å². The van der Waals surface area contributed by atoms with Crippen LogP contribution in [0.25, 0.3) is 0 Å². The molecule has 0 amide bonds. The van der Waals surface area contributed by atoms with Gasteiger partial charge in [-0.1, -0.05) is 29.8 Å². The van der Waals surface area contributed by atoms with E-state index < -0.39 is 0 Å². The van der Waals surface area contributed by atoms with Crippen LogP contribution in [0.1, 0.15) is 17.0 Å². The Labute approximate surface area is 113 Å². The zero-order chi connectivity index (χ0) is 13.1. The second-order valence-electron chi connectivity index (χ2n) is 5.05. The number of fused-ring (bicyclic) bond motifs is 1. The lowest BCUT2D eigenvalue weighted by atomic mass is 10.1. The molecular weight excluding hydrogens is 238 g/mol. The standard InChI is InChI=1S/C15H19N3O/c1-12-2-4-13(5-3-12)8-16-9-14-10-18-7-6-17-15(18)11-19-14/h2-7,14,16H,8-11H2,1H3/t14-/m0/s1. The molecule has 1 atom stereocenters. The third-order valence-electron chi connectivity index (χ3n) is 3.47. The molecule has 3 rings (SSSR count). The van der Waals surface area contributed by atoms with Crippen LogP contribution in [0.2, 0.25) is 0 Å². The van der Waals surface area contributed by atoms with Crippen LogP contribution < -0.4 is 5.32 Å². The number of hydrogen-bond acceptors (Lipinski definition) is 3. The third kappa shape index (κ3) is 3.03. The van der Waals surface area contributed by atoms with Gasteiger partial charge in [0.25, 0.3) is 0 Å². The van der Waals surface area contributed by atoms with E-state index >= 15 is 0 Å². The number of aromatic nitrogens is 2. The van der Waals surface area contributed by atoms with E-state index in [1.165, 1.54) is 11.1 Å². The van der Waals surface area contributed by atoms with E-state index in [0.29, 0.717) is 6.61 Å². The van der Waals surface area contributed by atoms with E-state index in [4.69, 9.17) is 4.74 Å². The summed E-state index contributed by atoms with van der Waals surface area (Å²) < 4.78 is 7.94. The summed E-state index contributed by atoms with van der Waals surface area (Å²) in [4.78, 5) is 4.24. The molecule has 0 fully saturated rings. The molecule has 0 unspecified atom stereocenters. The third-order valence-corrected chi connectivity index (χ3v) is 3.47. The molecule has 1 aliphatic rings. The molecule has 0 saturated carbocycles. The predicted molar refractivity (Wildman–Crippen MR) is 73.7 cm³/mol. The summed E-state index contributed by atoms with van der Waals surface area (Å²) >= 11 is 0. The molecule has 0 saturated heterocycles. The minimum absolute atomic E-state index is 0.229. The van der Waals surface area contributed by atoms with Crippen LogP contribution >= 0.6 is 0 Å². The molecule has 1 aromatic heterocycles. The van der Waals surface area contributed by atoms with Gasteiger partial charge in [-0.3, -0.25) is 0 Å². The van der Waals surface area contributed by atoms with Gasteiger partial charge in [0, 0.05) is 25.5 Å². The van der Waals surface area contributed by atoms with Gasteiger partial charge in [0.05, 0.1) is 12.6 Å². The average Bonchev–Trinajstić information content (AvgIpc) is 2.88. The van der Waals surface area contributed by atoms with Crippen molar-refractivity contribution in [1.29, 1.82) is 0 Å². The van der Waals surface area contributed by atoms with Crippen molar-refractivity contribution in [3.8, 4) is 0 Å². The van der Waals surface area contributed by atoms with Crippen molar-refractivity contribution >= 4 is 0 Å². The first-order valence-electron chi connectivity index (χ1n) is 6.69. The highest BCUT2D eigenvalue weighted by Crippen LogP contribution is 2.11. The van der Waals surface area contributed by atoms with Crippen LogP contribution in [0.3, 0.4) is 0 Å². The van der Waals surface area contributed by atoms with Gasteiger partial charge >= 0.3 is 0 Å². The maximum atomic E-state index is 5.77. The summed E-state index contributed by atoms with van der Waals surface area (Å²) in [5.74, 6) is 1.02. The van der Waals surface area contributed by atoms with Gasteiger partial charge in [0.2, 0.25) is 0 Å². The lowest BCUT2D eigenvalue weighted by Gasteiger charge is -2.24. The number of imidazole rings is 1. The Morgan fingerprint density at radius 2 is 2.21 bits per heavy atom. The largest absolute Gasteiger partial charge is 0.367 e. The number of rotatable bonds is 4. The Morgan fingerprint density at radius 1 is 1.37 bits per heavy atom. The van der Waals surface area contributed by atoms with Crippen LogP contribution in [0.4, 0.5) is 0 Å². The highest BCUT2D eigenvalue weighted by atomic mass is 16.5. The number of nitrogens with zero attached hydrogens (tertiary/aromatic N) is 2. The molecule has 1 aromatic carbocycles. The van der Waals surface area contributed by atoms with E-state index in [2.05, 4.69) is 46.1 Å². The molecule has 2 heterocycles. The van der Waals surface area contributed by atoms with Gasteiger partial charge in [-0.2, -0.15) is 0 Å². The molecule has 0 spiro atoms. The number of ether oxygens (including phenoxy) is 1. The number of hydrogen-bond donors (Lipinski definition) is 1. The first-order chi connectivity index (χ1) is 9.31. The summed E-state index contributed by atoms with van der Waals surface area (Å²) in [6, 6.07) is 8.62. The van der Waals surface area contributed by atoms with Crippen LogP contribution in [0.15, 0.2) is 36.7 Å². The van der Waals surface area contributed by atoms with Crippen molar-refractivity contribution in [3.63, 3.8) is 0 Å². The maximum absolute atomic E-state index is 5.77. The van der Waals surface area contributed by atoms with Gasteiger partial charge in [-0.25, -0.2) is 4.98 Å². The molecule has 0 bridgehead atoms. The predicted octanol–water partition coefficient (Wildman–Crippen LogP) is 1.88. The zero-order valence-electron chi connectivity index (χ0n) is 11.2. The monoisotopic (exact) mass is 257 g/mol. The lowest BCUT2D eigenvalue weighted by Crippen LogP contribution is -2.35. The fourth-order valence-electron chi connectivity index (χ4n) is 2.32. The van der Waals surface area contributed by atoms with Crippen molar-refractivity contribution in [2.45, 2.75) is 32.7 Å². The Balaban J connectivity index is 1.47. The second-order valence-corrected chi connectivity index (χ2v) is 5.05. The van der Waals surface area contributed by atoms with Crippen LogP contribution in [0.5, 0.6) is 0 Å². The molecule has 4 heteroatoms. The van der Waals surface area contributed by atoms with Crippen LogP contribution in [0, 0.1) is 6.92 Å². The molecule has 100 valence electrons. The fourth-order valence-corrected chi connectivity index (χ4v) is 2.32. The van der Waals surface area contributed by atoms with Crippen LogP contribution in [-0.4, -0.2) is 22.2 Å². The SMILES string of the molecule is Cc1ccc(CNC[C@H]2Cn3ccnc3CO2)cc1. The quantitative estimate of drug-likeness (QED) is 0.909.